The summed E-state index contributed by atoms with van der Waals surface area (Å²) < 4.78 is 0. The van der Waals surface area contributed by atoms with Gasteiger partial charge < -0.3 is 0 Å². The van der Waals surface area contributed by atoms with Gasteiger partial charge in [0, 0.05) is 5.92 Å². The van der Waals surface area contributed by atoms with Gasteiger partial charge in [-0.2, -0.15) is 0 Å². The Bertz CT molecular complexity index is 476. The molecule has 4 aliphatic rings. The van der Waals surface area contributed by atoms with Crippen molar-refractivity contribution in [3.05, 3.63) is 11.6 Å². The van der Waals surface area contributed by atoms with E-state index < -0.39 is 0 Å². The Morgan fingerprint density at radius 1 is 1.00 bits per heavy atom. The molecule has 0 N–H and O–H groups in total. The SMILES string of the molecule is C[C@@]12CCC[C@@H]1[C@H]1C(=O)C=C3CCCC[C@@]3(C)[C@@H]1CC2. The normalized spacial score (nSPS) is 51.0. The average molecular weight is 272 g/mol. The highest BCUT2D eigenvalue weighted by molar-refractivity contribution is 5.94. The summed E-state index contributed by atoms with van der Waals surface area (Å²) in [6.45, 7) is 4.95. The van der Waals surface area contributed by atoms with Crippen LogP contribution >= 0.6 is 0 Å². The first-order valence-corrected chi connectivity index (χ1v) is 8.79. The Morgan fingerprint density at radius 3 is 2.70 bits per heavy atom. The molecule has 1 nitrogen and oxygen atoms in total. The van der Waals surface area contributed by atoms with Crippen molar-refractivity contribution in [2.75, 3.05) is 0 Å². The summed E-state index contributed by atoms with van der Waals surface area (Å²) in [6.07, 6.45) is 14.0. The molecule has 110 valence electrons. The van der Waals surface area contributed by atoms with Gasteiger partial charge in [-0.05, 0) is 73.7 Å². The highest BCUT2D eigenvalue weighted by atomic mass is 16.1. The van der Waals surface area contributed by atoms with Crippen molar-refractivity contribution in [1.29, 1.82) is 0 Å². The number of ketones is 1. The molecule has 3 saturated carbocycles. The molecule has 0 unspecified atom stereocenters. The Morgan fingerprint density at radius 2 is 1.85 bits per heavy atom. The van der Waals surface area contributed by atoms with Crippen LogP contribution in [0.1, 0.15) is 71.6 Å². The van der Waals surface area contributed by atoms with Crippen LogP contribution in [0.3, 0.4) is 0 Å². The van der Waals surface area contributed by atoms with E-state index in [1.165, 1.54) is 63.4 Å². The van der Waals surface area contributed by atoms with Crippen LogP contribution in [-0.4, -0.2) is 5.78 Å². The summed E-state index contributed by atoms with van der Waals surface area (Å²) in [5.74, 6) is 2.21. The van der Waals surface area contributed by atoms with Gasteiger partial charge in [-0.25, -0.2) is 0 Å². The maximum absolute atomic E-state index is 12.8. The van der Waals surface area contributed by atoms with E-state index in [1.54, 1.807) is 0 Å². The minimum absolute atomic E-state index is 0.362. The number of allylic oxidation sites excluding steroid dienone is 2. The molecule has 1 heteroatoms. The predicted molar refractivity (Wildman–Crippen MR) is 81.3 cm³/mol. The molecule has 3 fully saturated rings. The zero-order chi connectivity index (χ0) is 14.0. The van der Waals surface area contributed by atoms with E-state index in [-0.39, 0.29) is 0 Å². The fourth-order valence-electron chi connectivity index (χ4n) is 6.42. The van der Waals surface area contributed by atoms with Gasteiger partial charge >= 0.3 is 0 Å². The maximum Gasteiger partial charge on any atom is 0.159 e. The number of carbonyl (C=O) groups is 1. The summed E-state index contributed by atoms with van der Waals surface area (Å²) in [5.41, 5.74) is 2.35. The van der Waals surface area contributed by atoms with Crippen molar-refractivity contribution in [2.45, 2.75) is 71.6 Å². The first kappa shape index (κ1) is 13.1. The molecule has 0 saturated heterocycles. The van der Waals surface area contributed by atoms with E-state index in [9.17, 15) is 4.79 Å². The van der Waals surface area contributed by atoms with Gasteiger partial charge in [-0.1, -0.05) is 32.3 Å². The Kier molecular flexibility index (Phi) is 2.76. The lowest BCUT2D eigenvalue weighted by Gasteiger charge is -2.55. The van der Waals surface area contributed by atoms with Crippen LogP contribution in [0.25, 0.3) is 0 Å². The first-order chi connectivity index (χ1) is 9.55. The second-order valence-electron chi connectivity index (χ2n) is 8.52. The van der Waals surface area contributed by atoms with Crippen LogP contribution in [0.2, 0.25) is 0 Å². The molecule has 0 aromatic carbocycles. The molecule has 0 aliphatic heterocycles. The van der Waals surface area contributed by atoms with Crippen molar-refractivity contribution in [3.8, 4) is 0 Å². The van der Waals surface area contributed by atoms with Crippen LogP contribution in [0.4, 0.5) is 0 Å². The average Bonchev–Trinajstić information content (AvgIpc) is 2.81. The molecule has 0 bridgehead atoms. The topological polar surface area (TPSA) is 17.1 Å². The zero-order valence-corrected chi connectivity index (χ0v) is 13.1. The van der Waals surface area contributed by atoms with E-state index in [1.807, 2.05) is 0 Å². The number of carbonyl (C=O) groups excluding carboxylic acids is 1. The molecular formula is C19H28O. The fourth-order valence-corrected chi connectivity index (χ4v) is 6.42. The smallest absolute Gasteiger partial charge is 0.159 e. The maximum atomic E-state index is 12.8. The molecule has 4 rings (SSSR count). The third kappa shape index (κ3) is 1.58. The lowest BCUT2D eigenvalue weighted by molar-refractivity contribution is -0.132. The van der Waals surface area contributed by atoms with Gasteiger partial charge in [-0.3, -0.25) is 4.79 Å². The Balaban J connectivity index is 1.77. The molecule has 0 heterocycles. The van der Waals surface area contributed by atoms with Crippen LogP contribution < -0.4 is 0 Å². The number of hydrogen-bond acceptors (Lipinski definition) is 1. The summed E-state index contributed by atoms with van der Waals surface area (Å²) in [6, 6.07) is 0. The van der Waals surface area contributed by atoms with E-state index in [4.69, 9.17) is 0 Å². The monoisotopic (exact) mass is 272 g/mol. The molecule has 5 atom stereocenters. The summed E-state index contributed by atoms with van der Waals surface area (Å²) in [7, 11) is 0. The summed E-state index contributed by atoms with van der Waals surface area (Å²) in [4.78, 5) is 12.8. The van der Waals surface area contributed by atoms with E-state index >= 15 is 0 Å². The minimum atomic E-state index is 0.362. The standard InChI is InChI=1S/C19H28O/c1-18-9-5-7-14(18)17-15(8-11-18)19(2)10-4-3-6-13(19)12-16(17)20/h12,14-15,17H,3-11H2,1-2H3/t14-,15-,17-,18+,19-/m1/s1. The van der Waals surface area contributed by atoms with Crippen LogP contribution in [-0.2, 0) is 4.79 Å². The Hall–Kier alpha value is -0.590. The van der Waals surface area contributed by atoms with Gasteiger partial charge in [0.25, 0.3) is 0 Å². The van der Waals surface area contributed by atoms with Crippen molar-refractivity contribution < 1.29 is 4.79 Å². The second-order valence-corrected chi connectivity index (χ2v) is 8.52. The first-order valence-electron chi connectivity index (χ1n) is 8.79. The molecule has 0 aromatic heterocycles. The lowest BCUT2D eigenvalue weighted by atomic mass is 9.48. The molecular weight excluding hydrogens is 244 g/mol. The highest BCUT2D eigenvalue weighted by Crippen LogP contribution is 2.63. The molecule has 20 heavy (non-hydrogen) atoms. The molecule has 0 aromatic rings. The van der Waals surface area contributed by atoms with E-state index in [2.05, 4.69) is 19.9 Å². The molecule has 0 amide bonds. The van der Waals surface area contributed by atoms with Gasteiger partial charge in [0.15, 0.2) is 5.78 Å². The fraction of sp³-hybridized carbons (Fsp3) is 0.842. The van der Waals surface area contributed by atoms with Crippen LogP contribution in [0.5, 0.6) is 0 Å². The van der Waals surface area contributed by atoms with Gasteiger partial charge in [0.1, 0.15) is 0 Å². The summed E-state index contributed by atoms with van der Waals surface area (Å²) >= 11 is 0. The van der Waals surface area contributed by atoms with E-state index in [0.717, 1.165) is 0 Å². The lowest BCUT2D eigenvalue weighted by Crippen LogP contribution is -2.51. The number of rotatable bonds is 0. The largest absolute Gasteiger partial charge is 0.295 e. The highest BCUT2D eigenvalue weighted by Gasteiger charge is 2.57. The summed E-state index contributed by atoms with van der Waals surface area (Å²) in [5, 5.41) is 0. The van der Waals surface area contributed by atoms with Crippen molar-refractivity contribution >= 4 is 5.78 Å². The molecule has 0 radical (unpaired) electrons. The van der Waals surface area contributed by atoms with Crippen LogP contribution in [0.15, 0.2) is 11.6 Å². The van der Waals surface area contributed by atoms with Gasteiger partial charge in [0.05, 0.1) is 0 Å². The van der Waals surface area contributed by atoms with Crippen molar-refractivity contribution in [3.63, 3.8) is 0 Å². The Labute approximate surface area is 123 Å². The predicted octanol–water partition coefficient (Wildman–Crippen LogP) is 4.91. The number of fused-ring (bicyclic) bond motifs is 5. The molecule has 4 aliphatic carbocycles. The van der Waals surface area contributed by atoms with E-state index in [0.29, 0.717) is 34.4 Å². The third-order valence-corrected chi connectivity index (χ3v) is 7.64. The second kappa shape index (κ2) is 4.21. The minimum Gasteiger partial charge on any atom is -0.295 e. The quantitative estimate of drug-likeness (QED) is 0.612. The van der Waals surface area contributed by atoms with Gasteiger partial charge in [-0.15, -0.1) is 0 Å². The van der Waals surface area contributed by atoms with Crippen molar-refractivity contribution in [2.24, 2.45) is 28.6 Å². The van der Waals surface area contributed by atoms with Crippen LogP contribution in [0, 0.1) is 28.6 Å². The molecule has 0 spiro atoms. The van der Waals surface area contributed by atoms with Crippen molar-refractivity contribution in [1.82, 2.24) is 0 Å². The third-order valence-electron chi connectivity index (χ3n) is 7.64. The zero-order valence-electron chi connectivity index (χ0n) is 13.1. The number of hydrogen-bond donors (Lipinski definition) is 0. The van der Waals surface area contributed by atoms with Gasteiger partial charge in [0.2, 0.25) is 0 Å².